The predicted molar refractivity (Wildman–Crippen MR) is 112 cm³/mol. The lowest BCUT2D eigenvalue weighted by Crippen LogP contribution is -2.40. The molecule has 0 radical (unpaired) electrons. The predicted octanol–water partition coefficient (Wildman–Crippen LogP) is 3.29. The molecular weight excluding hydrogens is 401 g/mol. The van der Waals surface area contributed by atoms with Gasteiger partial charge in [0, 0.05) is 30.4 Å². The maximum atomic E-state index is 12.9. The van der Waals surface area contributed by atoms with Crippen LogP contribution in [0.1, 0.15) is 12.5 Å². The van der Waals surface area contributed by atoms with Gasteiger partial charge in [-0.25, -0.2) is 17.5 Å². The van der Waals surface area contributed by atoms with E-state index in [0.29, 0.717) is 13.1 Å². The summed E-state index contributed by atoms with van der Waals surface area (Å²) < 4.78 is 40.7. The van der Waals surface area contributed by atoms with Crippen molar-refractivity contribution in [3.05, 3.63) is 72.3 Å². The topological polar surface area (TPSA) is 71.1 Å². The lowest BCUT2D eigenvalue weighted by molar-refractivity contribution is 0.537. The van der Waals surface area contributed by atoms with E-state index in [0.717, 1.165) is 22.8 Å². The summed E-state index contributed by atoms with van der Waals surface area (Å²) in [6.07, 6.45) is 4.09. The third kappa shape index (κ3) is 5.97. The molecule has 0 aliphatic heterocycles. The zero-order valence-corrected chi connectivity index (χ0v) is 17.1. The third-order valence-electron chi connectivity index (χ3n) is 4.23. The van der Waals surface area contributed by atoms with Crippen molar-refractivity contribution in [2.24, 2.45) is 0 Å². The van der Waals surface area contributed by atoms with Gasteiger partial charge in [0.2, 0.25) is 10.0 Å². The van der Waals surface area contributed by atoms with Crippen molar-refractivity contribution in [1.29, 1.82) is 0 Å². The number of pyridine rings is 1. The molecule has 150 valence electrons. The van der Waals surface area contributed by atoms with E-state index in [1.165, 1.54) is 12.1 Å². The van der Waals surface area contributed by atoms with Crippen molar-refractivity contribution < 1.29 is 12.8 Å². The van der Waals surface area contributed by atoms with Gasteiger partial charge in [0.25, 0.3) is 0 Å². The number of hydrogen-bond donors (Lipinski definition) is 2. The Morgan fingerprint density at radius 3 is 2.57 bits per heavy atom. The fraction of sp³-hybridized carbons (Fsp3) is 0.250. The molecule has 5 nitrogen and oxygen atoms in total. The zero-order chi connectivity index (χ0) is 19.3. The second-order valence-electron chi connectivity index (χ2n) is 6.49. The molecule has 0 aliphatic carbocycles. The van der Waals surface area contributed by atoms with E-state index in [1.54, 1.807) is 48.8 Å². The highest BCUT2D eigenvalue weighted by Gasteiger charge is 2.17. The molecule has 0 bridgehead atoms. The monoisotopic (exact) mass is 423 g/mol. The molecule has 2 N–H and O–H groups in total. The first-order valence-corrected chi connectivity index (χ1v) is 10.2. The number of hydrogen-bond acceptors (Lipinski definition) is 4. The second-order valence-corrected chi connectivity index (χ2v) is 8.20. The fourth-order valence-electron chi connectivity index (χ4n) is 2.81. The van der Waals surface area contributed by atoms with Gasteiger partial charge >= 0.3 is 0 Å². The lowest BCUT2D eigenvalue weighted by atomic mass is 10.1. The van der Waals surface area contributed by atoms with Gasteiger partial charge in [-0.05, 0) is 61.2 Å². The summed E-state index contributed by atoms with van der Waals surface area (Å²) >= 11 is 0. The maximum Gasteiger partial charge on any atom is 0.240 e. The molecule has 3 rings (SSSR count). The second kappa shape index (κ2) is 9.93. The first kappa shape index (κ1) is 22.2. The van der Waals surface area contributed by atoms with E-state index in [1.807, 2.05) is 6.92 Å². The highest BCUT2D eigenvalue weighted by molar-refractivity contribution is 7.89. The summed E-state index contributed by atoms with van der Waals surface area (Å²) in [6.45, 7) is 2.99. The molecule has 1 unspecified atom stereocenters. The average Bonchev–Trinajstić information content (AvgIpc) is 2.66. The van der Waals surface area contributed by atoms with E-state index in [2.05, 4.69) is 15.0 Å². The first-order chi connectivity index (χ1) is 12.9. The summed E-state index contributed by atoms with van der Waals surface area (Å²) in [5.74, 6) is -0.250. The van der Waals surface area contributed by atoms with Gasteiger partial charge in [0.1, 0.15) is 5.82 Å². The first-order valence-electron chi connectivity index (χ1n) is 8.75. The van der Waals surface area contributed by atoms with Crippen LogP contribution in [0, 0.1) is 5.82 Å². The van der Waals surface area contributed by atoms with Crippen LogP contribution < -0.4 is 10.0 Å². The van der Waals surface area contributed by atoms with Crippen molar-refractivity contribution in [3.63, 3.8) is 0 Å². The lowest BCUT2D eigenvalue weighted by Gasteiger charge is -2.15. The van der Waals surface area contributed by atoms with Crippen LogP contribution in [-0.4, -0.2) is 32.5 Å². The van der Waals surface area contributed by atoms with Gasteiger partial charge in [-0.1, -0.05) is 18.2 Å². The minimum Gasteiger partial charge on any atom is -0.315 e. The molecule has 0 fully saturated rings. The van der Waals surface area contributed by atoms with Crippen LogP contribution in [0.2, 0.25) is 0 Å². The summed E-state index contributed by atoms with van der Waals surface area (Å²) in [4.78, 5) is 4.26. The largest absolute Gasteiger partial charge is 0.315 e. The summed E-state index contributed by atoms with van der Waals surface area (Å²) in [7, 11) is -3.60. The van der Waals surface area contributed by atoms with Gasteiger partial charge < -0.3 is 5.32 Å². The molecule has 2 aromatic carbocycles. The Kier molecular flexibility index (Phi) is 7.88. The number of benzene rings is 2. The van der Waals surface area contributed by atoms with Crippen LogP contribution in [0.5, 0.6) is 0 Å². The summed E-state index contributed by atoms with van der Waals surface area (Å²) in [6, 6.07) is 12.9. The van der Waals surface area contributed by atoms with Gasteiger partial charge in [-0.2, -0.15) is 0 Å². The minimum absolute atomic E-state index is 0. The number of sulfonamides is 1. The Labute approximate surface area is 170 Å². The molecule has 0 amide bonds. The summed E-state index contributed by atoms with van der Waals surface area (Å²) in [5, 5.41) is 4.95. The normalized spacial score (nSPS) is 12.5. The van der Waals surface area contributed by atoms with Crippen molar-refractivity contribution in [1.82, 2.24) is 15.0 Å². The Morgan fingerprint density at radius 2 is 1.82 bits per heavy atom. The van der Waals surface area contributed by atoms with Crippen LogP contribution in [-0.2, 0) is 16.4 Å². The van der Waals surface area contributed by atoms with Crippen LogP contribution in [0.15, 0.2) is 65.8 Å². The van der Waals surface area contributed by atoms with Gasteiger partial charge in [-0.3, -0.25) is 4.98 Å². The van der Waals surface area contributed by atoms with Crippen LogP contribution in [0.25, 0.3) is 10.8 Å². The molecule has 0 aliphatic rings. The molecule has 8 heteroatoms. The van der Waals surface area contributed by atoms with E-state index in [9.17, 15) is 12.8 Å². The van der Waals surface area contributed by atoms with E-state index < -0.39 is 10.0 Å². The Hall–Kier alpha value is -2.06. The zero-order valence-electron chi connectivity index (χ0n) is 15.4. The van der Waals surface area contributed by atoms with Crippen molar-refractivity contribution in [3.8, 4) is 0 Å². The molecule has 0 saturated heterocycles. The Bertz CT molecular complexity index is 1010. The molecular formula is C20H23ClFN3O2S. The molecule has 0 saturated carbocycles. The van der Waals surface area contributed by atoms with Gasteiger partial charge in [0.15, 0.2) is 0 Å². The SMILES string of the molecule is CC(CNCCc1ccc(F)cc1)NS(=O)(=O)c1ccc2cnccc2c1.Cl. The van der Waals surface area contributed by atoms with Crippen LogP contribution >= 0.6 is 12.4 Å². The minimum atomic E-state index is -3.60. The van der Waals surface area contributed by atoms with Gasteiger partial charge in [-0.15, -0.1) is 12.4 Å². The number of nitrogens with zero attached hydrogens (tertiary/aromatic N) is 1. The standard InChI is InChI=1S/C20H22FN3O2S.ClH/c1-15(13-22-10-8-16-2-5-19(21)6-3-16)24-27(25,26)20-7-4-18-14-23-11-9-17(18)12-20;/h2-7,9,11-12,14-15,22,24H,8,10,13H2,1H3;1H. The molecule has 1 heterocycles. The average molecular weight is 424 g/mol. The van der Waals surface area contributed by atoms with E-state index in [-0.39, 0.29) is 29.2 Å². The van der Waals surface area contributed by atoms with Gasteiger partial charge in [0.05, 0.1) is 4.90 Å². The Balaban J connectivity index is 0.00000280. The molecule has 3 aromatic rings. The van der Waals surface area contributed by atoms with Crippen molar-refractivity contribution >= 4 is 33.2 Å². The molecule has 28 heavy (non-hydrogen) atoms. The molecule has 1 aromatic heterocycles. The van der Waals surface area contributed by atoms with Crippen molar-refractivity contribution in [2.75, 3.05) is 13.1 Å². The highest BCUT2D eigenvalue weighted by Crippen LogP contribution is 2.18. The number of nitrogens with one attached hydrogen (secondary N) is 2. The fourth-order valence-corrected chi connectivity index (χ4v) is 4.08. The van der Waals surface area contributed by atoms with E-state index >= 15 is 0 Å². The Morgan fingerprint density at radius 1 is 1.07 bits per heavy atom. The van der Waals surface area contributed by atoms with Crippen molar-refractivity contribution in [2.45, 2.75) is 24.3 Å². The van der Waals surface area contributed by atoms with E-state index in [4.69, 9.17) is 0 Å². The number of rotatable bonds is 8. The number of aromatic nitrogens is 1. The third-order valence-corrected chi connectivity index (χ3v) is 5.82. The quantitative estimate of drug-likeness (QED) is 0.545. The maximum absolute atomic E-state index is 12.9. The van der Waals surface area contributed by atoms with Crippen LogP contribution in [0.3, 0.4) is 0 Å². The summed E-state index contributed by atoms with van der Waals surface area (Å²) in [5.41, 5.74) is 1.03. The highest BCUT2D eigenvalue weighted by atomic mass is 35.5. The molecule has 0 spiro atoms. The smallest absolute Gasteiger partial charge is 0.240 e. The molecule has 1 atom stereocenters. The number of fused-ring (bicyclic) bond motifs is 1. The van der Waals surface area contributed by atoms with Crippen LogP contribution in [0.4, 0.5) is 4.39 Å². The number of halogens is 2.